The highest BCUT2D eigenvalue weighted by Gasteiger charge is 2.42. The van der Waals surface area contributed by atoms with E-state index in [9.17, 15) is 5.11 Å². The van der Waals surface area contributed by atoms with Crippen LogP contribution in [0.2, 0.25) is 0 Å². The Morgan fingerprint density at radius 1 is 1.07 bits per heavy atom. The molecule has 0 radical (unpaired) electrons. The average molecular weight is 199 g/mol. The van der Waals surface area contributed by atoms with Gasteiger partial charge in [0.2, 0.25) is 0 Å². The maximum Gasteiger partial charge on any atom is 0.0682 e. The number of β-amino-alcohol motifs (C(OH)–C–C–N with tert-alkyl or cyclic N) is 1. The Morgan fingerprint density at radius 2 is 1.57 bits per heavy atom. The van der Waals surface area contributed by atoms with Gasteiger partial charge in [-0.25, -0.2) is 0 Å². The van der Waals surface area contributed by atoms with Crippen LogP contribution >= 0.6 is 0 Å². The van der Waals surface area contributed by atoms with Gasteiger partial charge < -0.3 is 5.11 Å². The Morgan fingerprint density at radius 3 is 1.86 bits per heavy atom. The van der Waals surface area contributed by atoms with Crippen LogP contribution in [0.25, 0.3) is 0 Å². The number of hydrogen-bond acceptors (Lipinski definition) is 2. The van der Waals surface area contributed by atoms with Crippen molar-refractivity contribution in [2.75, 3.05) is 6.54 Å². The van der Waals surface area contributed by atoms with Gasteiger partial charge in [0.25, 0.3) is 0 Å². The number of aliphatic hydroxyl groups excluding tert-OH is 1. The van der Waals surface area contributed by atoms with Gasteiger partial charge in [-0.1, -0.05) is 20.8 Å². The van der Waals surface area contributed by atoms with Crippen molar-refractivity contribution in [2.24, 2.45) is 5.41 Å². The standard InChI is InChI=1S/C12H25NO/c1-11(2,3)10-7-9(14)8-13(10)12(4,5)6/h9-10,14H,7-8H2,1-6H3/t9-,10?/m1/s1. The smallest absolute Gasteiger partial charge is 0.0682 e. The van der Waals surface area contributed by atoms with Crippen molar-refractivity contribution < 1.29 is 5.11 Å². The summed E-state index contributed by atoms with van der Waals surface area (Å²) in [4.78, 5) is 2.44. The third-order valence-electron chi connectivity index (χ3n) is 3.14. The third-order valence-corrected chi connectivity index (χ3v) is 3.14. The molecule has 2 nitrogen and oxygen atoms in total. The van der Waals surface area contributed by atoms with E-state index >= 15 is 0 Å². The van der Waals surface area contributed by atoms with E-state index in [4.69, 9.17) is 0 Å². The van der Waals surface area contributed by atoms with E-state index in [2.05, 4.69) is 46.4 Å². The van der Waals surface area contributed by atoms with Crippen LogP contribution in [0.1, 0.15) is 48.0 Å². The Hall–Kier alpha value is -0.0800. The van der Waals surface area contributed by atoms with Gasteiger partial charge in [0.1, 0.15) is 0 Å². The van der Waals surface area contributed by atoms with Crippen molar-refractivity contribution in [1.29, 1.82) is 0 Å². The summed E-state index contributed by atoms with van der Waals surface area (Å²) in [5.41, 5.74) is 0.417. The summed E-state index contributed by atoms with van der Waals surface area (Å²) in [6, 6.07) is 0.498. The van der Waals surface area contributed by atoms with Crippen LogP contribution in [-0.4, -0.2) is 34.2 Å². The summed E-state index contributed by atoms with van der Waals surface area (Å²) in [6.07, 6.45) is 0.777. The molecule has 0 aliphatic carbocycles. The highest BCUT2D eigenvalue weighted by atomic mass is 16.3. The minimum absolute atomic E-state index is 0.140. The van der Waals surface area contributed by atoms with E-state index in [1.807, 2.05) is 0 Å². The molecule has 1 heterocycles. The zero-order chi connectivity index (χ0) is 11.1. The molecule has 0 saturated carbocycles. The van der Waals surface area contributed by atoms with Gasteiger partial charge in [-0.05, 0) is 32.6 Å². The van der Waals surface area contributed by atoms with Gasteiger partial charge in [0, 0.05) is 18.1 Å². The van der Waals surface area contributed by atoms with Crippen LogP contribution in [0.3, 0.4) is 0 Å². The number of likely N-dealkylation sites (tertiary alicyclic amines) is 1. The van der Waals surface area contributed by atoms with Crippen molar-refractivity contribution in [3.8, 4) is 0 Å². The maximum absolute atomic E-state index is 9.75. The molecular weight excluding hydrogens is 174 g/mol. The van der Waals surface area contributed by atoms with Gasteiger partial charge in [0.15, 0.2) is 0 Å². The minimum Gasteiger partial charge on any atom is -0.392 e. The third kappa shape index (κ3) is 2.48. The first-order valence-electron chi connectivity index (χ1n) is 5.57. The highest BCUT2D eigenvalue weighted by molar-refractivity contribution is 4.97. The van der Waals surface area contributed by atoms with Crippen LogP contribution in [0, 0.1) is 5.41 Å². The molecule has 1 aliphatic rings. The van der Waals surface area contributed by atoms with Crippen molar-refractivity contribution >= 4 is 0 Å². The van der Waals surface area contributed by atoms with Gasteiger partial charge in [-0.2, -0.15) is 0 Å². The van der Waals surface area contributed by atoms with E-state index < -0.39 is 0 Å². The second-order valence-corrected chi connectivity index (χ2v) is 6.59. The topological polar surface area (TPSA) is 23.5 Å². The molecule has 0 aromatic rings. The molecule has 0 spiro atoms. The number of aliphatic hydroxyl groups is 1. The fraction of sp³-hybridized carbons (Fsp3) is 1.00. The molecule has 1 rings (SSSR count). The van der Waals surface area contributed by atoms with Crippen molar-refractivity contribution in [3.05, 3.63) is 0 Å². The summed E-state index contributed by atoms with van der Waals surface area (Å²) in [7, 11) is 0. The molecule has 1 fully saturated rings. The summed E-state index contributed by atoms with van der Waals surface area (Å²) in [6.45, 7) is 14.3. The van der Waals surface area contributed by atoms with Crippen molar-refractivity contribution in [3.63, 3.8) is 0 Å². The zero-order valence-corrected chi connectivity index (χ0v) is 10.5. The molecule has 0 aromatic carbocycles. The normalized spacial score (nSPS) is 31.1. The molecule has 0 aromatic heterocycles. The second kappa shape index (κ2) is 3.49. The predicted octanol–water partition coefficient (Wildman–Crippen LogP) is 2.27. The summed E-state index contributed by atoms with van der Waals surface area (Å²) in [5, 5.41) is 9.75. The van der Waals surface area contributed by atoms with Gasteiger partial charge in [-0.15, -0.1) is 0 Å². The highest BCUT2D eigenvalue weighted by Crippen LogP contribution is 2.36. The van der Waals surface area contributed by atoms with E-state index in [-0.39, 0.29) is 17.1 Å². The molecule has 2 heteroatoms. The first kappa shape index (κ1) is 12.0. The van der Waals surface area contributed by atoms with Crippen LogP contribution < -0.4 is 0 Å². The predicted molar refractivity (Wildman–Crippen MR) is 60.3 cm³/mol. The van der Waals surface area contributed by atoms with Crippen LogP contribution in [0.15, 0.2) is 0 Å². The number of rotatable bonds is 0. The van der Waals surface area contributed by atoms with Gasteiger partial charge in [0.05, 0.1) is 6.10 Å². The summed E-state index contributed by atoms with van der Waals surface area (Å²) < 4.78 is 0. The SMILES string of the molecule is CC(C)(C)C1C[C@@H](O)CN1C(C)(C)C. The minimum atomic E-state index is -0.140. The van der Waals surface area contributed by atoms with E-state index in [0.717, 1.165) is 13.0 Å². The maximum atomic E-state index is 9.75. The lowest BCUT2D eigenvalue weighted by Crippen LogP contribution is -2.49. The molecular formula is C12H25NO. The van der Waals surface area contributed by atoms with Crippen LogP contribution in [0.4, 0.5) is 0 Å². The average Bonchev–Trinajstić information content (AvgIpc) is 2.27. The van der Waals surface area contributed by atoms with Gasteiger partial charge >= 0.3 is 0 Å². The monoisotopic (exact) mass is 199 g/mol. The lowest BCUT2D eigenvalue weighted by molar-refractivity contribution is 0.0551. The summed E-state index contributed by atoms with van der Waals surface area (Å²) in [5.74, 6) is 0. The van der Waals surface area contributed by atoms with Crippen LogP contribution in [0.5, 0.6) is 0 Å². The molecule has 2 atom stereocenters. The molecule has 1 unspecified atom stereocenters. The fourth-order valence-corrected chi connectivity index (χ4v) is 2.38. The number of hydrogen-bond donors (Lipinski definition) is 1. The van der Waals surface area contributed by atoms with Gasteiger partial charge in [-0.3, -0.25) is 4.90 Å². The van der Waals surface area contributed by atoms with E-state index in [0.29, 0.717) is 6.04 Å². The molecule has 1 N–H and O–H groups in total. The molecule has 14 heavy (non-hydrogen) atoms. The lowest BCUT2D eigenvalue weighted by Gasteiger charge is -2.42. The Balaban J connectivity index is 2.84. The molecule has 1 aliphatic heterocycles. The first-order chi connectivity index (χ1) is 6.12. The van der Waals surface area contributed by atoms with Crippen LogP contribution in [-0.2, 0) is 0 Å². The van der Waals surface area contributed by atoms with E-state index in [1.54, 1.807) is 0 Å². The van der Waals surface area contributed by atoms with E-state index in [1.165, 1.54) is 0 Å². The Bertz CT molecular complexity index is 177. The molecule has 0 amide bonds. The lowest BCUT2D eigenvalue weighted by atomic mass is 9.83. The molecule has 84 valence electrons. The Labute approximate surface area is 88.3 Å². The number of nitrogens with zero attached hydrogens (tertiary/aromatic N) is 1. The molecule has 0 bridgehead atoms. The van der Waals surface area contributed by atoms with Crippen molar-refractivity contribution in [1.82, 2.24) is 4.90 Å². The fourth-order valence-electron chi connectivity index (χ4n) is 2.38. The quantitative estimate of drug-likeness (QED) is 0.647. The second-order valence-electron chi connectivity index (χ2n) is 6.59. The van der Waals surface area contributed by atoms with Crippen molar-refractivity contribution in [2.45, 2.75) is 65.6 Å². The molecule has 1 saturated heterocycles. The summed E-state index contributed by atoms with van der Waals surface area (Å²) >= 11 is 0. The Kier molecular flexibility index (Phi) is 2.99. The largest absolute Gasteiger partial charge is 0.392 e. The first-order valence-corrected chi connectivity index (χ1v) is 5.57. The zero-order valence-electron chi connectivity index (χ0n) is 10.5.